The standard InChI is InChI=1S/C16H25BrN2S/c17-14-7-10-20-16(14)12-19-9-4-8-18-15(11-19)13-5-2-1-3-6-13/h7,10,13,15,18H,1-6,8-9,11-12H2. The molecule has 1 aliphatic heterocycles. The van der Waals surface area contributed by atoms with E-state index in [0.717, 1.165) is 18.5 Å². The van der Waals surface area contributed by atoms with Crippen LogP contribution in [0, 0.1) is 5.92 Å². The second kappa shape index (κ2) is 7.39. The van der Waals surface area contributed by atoms with Gasteiger partial charge in [-0.3, -0.25) is 4.90 Å². The maximum atomic E-state index is 3.83. The quantitative estimate of drug-likeness (QED) is 0.870. The molecule has 0 amide bonds. The van der Waals surface area contributed by atoms with Gasteiger partial charge < -0.3 is 5.32 Å². The van der Waals surface area contributed by atoms with E-state index in [-0.39, 0.29) is 0 Å². The molecule has 1 saturated carbocycles. The van der Waals surface area contributed by atoms with Crippen molar-refractivity contribution in [2.24, 2.45) is 5.92 Å². The van der Waals surface area contributed by atoms with Crippen LogP contribution in [0.3, 0.4) is 0 Å². The summed E-state index contributed by atoms with van der Waals surface area (Å²) in [5, 5.41) is 6.01. The molecular formula is C16H25BrN2S. The fourth-order valence-corrected chi connectivity index (χ4v) is 5.18. The maximum Gasteiger partial charge on any atom is 0.0339 e. The van der Waals surface area contributed by atoms with Crippen molar-refractivity contribution >= 4 is 27.3 Å². The lowest BCUT2D eigenvalue weighted by atomic mass is 9.83. The lowest BCUT2D eigenvalue weighted by molar-refractivity contribution is 0.202. The van der Waals surface area contributed by atoms with Gasteiger partial charge in [-0.2, -0.15) is 0 Å². The predicted octanol–water partition coefficient (Wildman–Crippen LogP) is 4.25. The molecule has 2 nitrogen and oxygen atoms in total. The zero-order valence-electron chi connectivity index (χ0n) is 12.1. The van der Waals surface area contributed by atoms with Gasteiger partial charge in [-0.25, -0.2) is 0 Å². The van der Waals surface area contributed by atoms with Gasteiger partial charge in [0.2, 0.25) is 0 Å². The van der Waals surface area contributed by atoms with E-state index in [0.29, 0.717) is 0 Å². The van der Waals surface area contributed by atoms with Gasteiger partial charge in [-0.05, 0) is 65.6 Å². The summed E-state index contributed by atoms with van der Waals surface area (Å²) < 4.78 is 1.29. The van der Waals surface area contributed by atoms with Crippen LogP contribution in [0.2, 0.25) is 0 Å². The van der Waals surface area contributed by atoms with Crippen LogP contribution in [0.15, 0.2) is 15.9 Å². The van der Waals surface area contributed by atoms with Gasteiger partial charge in [0.1, 0.15) is 0 Å². The summed E-state index contributed by atoms with van der Waals surface area (Å²) in [6.45, 7) is 4.78. The summed E-state index contributed by atoms with van der Waals surface area (Å²) in [6, 6.07) is 2.89. The first-order chi connectivity index (χ1) is 9.83. The average molecular weight is 357 g/mol. The molecule has 0 radical (unpaired) electrons. The predicted molar refractivity (Wildman–Crippen MR) is 90.3 cm³/mol. The van der Waals surface area contributed by atoms with Crippen molar-refractivity contribution in [1.82, 2.24) is 10.2 Å². The van der Waals surface area contributed by atoms with Gasteiger partial charge >= 0.3 is 0 Å². The Kier molecular flexibility index (Phi) is 5.55. The number of nitrogens with zero attached hydrogens (tertiary/aromatic N) is 1. The maximum absolute atomic E-state index is 3.83. The van der Waals surface area contributed by atoms with E-state index in [1.807, 2.05) is 11.3 Å². The van der Waals surface area contributed by atoms with Crippen molar-refractivity contribution in [3.63, 3.8) is 0 Å². The highest BCUT2D eigenvalue weighted by Gasteiger charge is 2.27. The number of halogens is 1. The number of hydrogen-bond acceptors (Lipinski definition) is 3. The first-order valence-corrected chi connectivity index (χ1v) is 9.68. The van der Waals surface area contributed by atoms with Crippen LogP contribution in [0.4, 0.5) is 0 Å². The van der Waals surface area contributed by atoms with Crippen molar-refractivity contribution in [3.8, 4) is 0 Å². The minimum absolute atomic E-state index is 0.719. The van der Waals surface area contributed by atoms with Crippen LogP contribution in [0.5, 0.6) is 0 Å². The lowest BCUT2D eigenvalue weighted by Crippen LogP contribution is -2.43. The van der Waals surface area contributed by atoms with Gasteiger partial charge in [-0.15, -0.1) is 11.3 Å². The minimum atomic E-state index is 0.719. The molecule has 2 heterocycles. The van der Waals surface area contributed by atoms with Crippen molar-refractivity contribution < 1.29 is 0 Å². The van der Waals surface area contributed by atoms with E-state index in [1.54, 1.807) is 0 Å². The Morgan fingerprint density at radius 1 is 1.25 bits per heavy atom. The van der Waals surface area contributed by atoms with E-state index in [4.69, 9.17) is 0 Å². The van der Waals surface area contributed by atoms with E-state index in [9.17, 15) is 0 Å². The minimum Gasteiger partial charge on any atom is -0.312 e. The van der Waals surface area contributed by atoms with E-state index in [2.05, 4.69) is 37.6 Å². The molecule has 1 aromatic heterocycles. The van der Waals surface area contributed by atoms with Crippen molar-refractivity contribution in [2.45, 2.75) is 51.1 Å². The van der Waals surface area contributed by atoms with Gasteiger partial charge in [0, 0.05) is 28.5 Å². The molecule has 1 unspecified atom stereocenters. The summed E-state index contributed by atoms with van der Waals surface area (Å²) in [5.41, 5.74) is 0. The number of thiophene rings is 1. The van der Waals surface area contributed by atoms with Crippen LogP contribution in [-0.2, 0) is 6.54 Å². The van der Waals surface area contributed by atoms with E-state index >= 15 is 0 Å². The summed E-state index contributed by atoms with van der Waals surface area (Å²) in [7, 11) is 0. The van der Waals surface area contributed by atoms with Crippen LogP contribution >= 0.6 is 27.3 Å². The van der Waals surface area contributed by atoms with Crippen LogP contribution in [0.1, 0.15) is 43.4 Å². The Morgan fingerprint density at radius 3 is 2.85 bits per heavy atom. The lowest BCUT2D eigenvalue weighted by Gasteiger charge is -2.32. The largest absolute Gasteiger partial charge is 0.312 e. The van der Waals surface area contributed by atoms with E-state index < -0.39 is 0 Å². The molecule has 0 aromatic carbocycles. The second-order valence-electron chi connectivity index (χ2n) is 6.24. The molecular weight excluding hydrogens is 332 g/mol. The molecule has 1 aromatic rings. The molecule has 2 aliphatic rings. The highest BCUT2D eigenvalue weighted by molar-refractivity contribution is 9.10. The Hall–Kier alpha value is 0.1000. The zero-order chi connectivity index (χ0) is 13.8. The van der Waals surface area contributed by atoms with Gasteiger partial charge in [0.05, 0.1) is 0 Å². The van der Waals surface area contributed by atoms with Crippen molar-refractivity contribution in [2.75, 3.05) is 19.6 Å². The molecule has 1 atom stereocenters. The smallest absolute Gasteiger partial charge is 0.0339 e. The van der Waals surface area contributed by atoms with E-state index in [1.165, 1.54) is 67.5 Å². The molecule has 3 rings (SSSR count). The Labute approximate surface area is 135 Å². The molecule has 1 N–H and O–H groups in total. The van der Waals surface area contributed by atoms with Crippen LogP contribution in [0.25, 0.3) is 0 Å². The Balaban J connectivity index is 1.61. The monoisotopic (exact) mass is 356 g/mol. The molecule has 2 fully saturated rings. The third-order valence-electron chi connectivity index (χ3n) is 4.79. The summed E-state index contributed by atoms with van der Waals surface area (Å²) in [4.78, 5) is 4.14. The fraction of sp³-hybridized carbons (Fsp3) is 0.750. The first-order valence-electron chi connectivity index (χ1n) is 8.00. The zero-order valence-corrected chi connectivity index (χ0v) is 14.5. The second-order valence-corrected chi connectivity index (χ2v) is 8.09. The average Bonchev–Trinajstić information content (AvgIpc) is 2.75. The van der Waals surface area contributed by atoms with Crippen LogP contribution < -0.4 is 5.32 Å². The van der Waals surface area contributed by atoms with Crippen LogP contribution in [-0.4, -0.2) is 30.6 Å². The molecule has 0 spiro atoms. The summed E-state index contributed by atoms with van der Waals surface area (Å²) in [5.74, 6) is 0.913. The summed E-state index contributed by atoms with van der Waals surface area (Å²) >= 11 is 5.55. The topological polar surface area (TPSA) is 15.3 Å². The molecule has 1 aliphatic carbocycles. The van der Waals surface area contributed by atoms with Crippen molar-refractivity contribution in [3.05, 3.63) is 20.8 Å². The first kappa shape index (κ1) is 15.0. The van der Waals surface area contributed by atoms with Gasteiger partial charge in [0.25, 0.3) is 0 Å². The molecule has 0 bridgehead atoms. The van der Waals surface area contributed by atoms with Crippen molar-refractivity contribution in [1.29, 1.82) is 0 Å². The molecule has 1 saturated heterocycles. The number of nitrogens with one attached hydrogen (secondary N) is 1. The Bertz CT molecular complexity index is 414. The Morgan fingerprint density at radius 2 is 2.10 bits per heavy atom. The normalized spacial score (nSPS) is 26.6. The fourth-order valence-electron chi connectivity index (χ4n) is 3.66. The highest BCUT2D eigenvalue weighted by atomic mass is 79.9. The molecule has 112 valence electrons. The third kappa shape index (κ3) is 3.85. The third-order valence-corrected chi connectivity index (χ3v) is 6.70. The highest BCUT2D eigenvalue weighted by Crippen LogP contribution is 2.29. The van der Waals surface area contributed by atoms with Gasteiger partial charge in [-0.1, -0.05) is 19.3 Å². The summed E-state index contributed by atoms with van der Waals surface area (Å²) in [6.07, 6.45) is 8.50. The number of rotatable bonds is 3. The molecule has 20 heavy (non-hydrogen) atoms. The SMILES string of the molecule is Brc1ccsc1CN1CCCNC(C2CCCCC2)C1. The molecule has 4 heteroatoms. The number of hydrogen-bond donors (Lipinski definition) is 1. The van der Waals surface area contributed by atoms with Gasteiger partial charge in [0.15, 0.2) is 0 Å².